The second-order valence-corrected chi connectivity index (χ2v) is 9.13. The summed E-state index contributed by atoms with van der Waals surface area (Å²) in [6.45, 7) is 10.6. The lowest BCUT2D eigenvalue weighted by Crippen LogP contribution is -2.37. The van der Waals surface area contributed by atoms with Gasteiger partial charge in [-0.15, -0.1) is 0 Å². The van der Waals surface area contributed by atoms with Crippen molar-refractivity contribution in [3.8, 4) is 5.82 Å². The minimum absolute atomic E-state index is 0.00380. The number of anilines is 2. The Morgan fingerprint density at radius 1 is 1.00 bits per heavy atom. The second-order valence-electron chi connectivity index (χ2n) is 9.13. The molecule has 1 aliphatic rings. The third-order valence-electron chi connectivity index (χ3n) is 5.99. The maximum atomic E-state index is 13.2. The van der Waals surface area contributed by atoms with Gasteiger partial charge in [0.15, 0.2) is 5.82 Å². The number of carbonyl (C=O) groups excluding carboxylic acids is 1. The van der Waals surface area contributed by atoms with Gasteiger partial charge in [0.25, 0.3) is 5.91 Å². The van der Waals surface area contributed by atoms with Crippen molar-refractivity contribution in [1.82, 2.24) is 29.6 Å². The van der Waals surface area contributed by atoms with Crippen LogP contribution in [-0.4, -0.2) is 74.9 Å². The fraction of sp³-hybridized carbons (Fsp3) is 0.367. The minimum Gasteiger partial charge on any atom is -0.379 e. The first-order valence-electron chi connectivity index (χ1n) is 14.1. The van der Waals surface area contributed by atoms with Crippen molar-refractivity contribution < 1.29 is 22.7 Å². The first-order chi connectivity index (χ1) is 20.8. The Morgan fingerprint density at radius 3 is 2.35 bits per heavy atom. The van der Waals surface area contributed by atoms with Gasteiger partial charge < -0.3 is 15.4 Å². The number of hydrogen-bond donors (Lipinski definition) is 2. The van der Waals surface area contributed by atoms with E-state index in [-0.39, 0.29) is 17.4 Å². The number of ether oxygens (including phenoxy) is 1. The van der Waals surface area contributed by atoms with Crippen LogP contribution in [0.4, 0.5) is 24.7 Å². The first kappa shape index (κ1) is 33.1. The molecule has 0 aliphatic carbocycles. The Kier molecular flexibility index (Phi) is 13.0. The Hall–Kier alpha value is -4.36. The van der Waals surface area contributed by atoms with Crippen LogP contribution in [0.15, 0.2) is 73.3 Å². The summed E-state index contributed by atoms with van der Waals surface area (Å²) in [5.74, 6) is 0.196. The van der Waals surface area contributed by atoms with Gasteiger partial charge in [-0.05, 0) is 62.4 Å². The largest absolute Gasteiger partial charge is 0.433 e. The van der Waals surface area contributed by atoms with Crippen molar-refractivity contribution in [2.45, 2.75) is 33.4 Å². The molecule has 0 atom stereocenters. The van der Waals surface area contributed by atoms with Gasteiger partial charge in [0.1, 0.15) is 11.5 Å². The van der Waals surface area contributed by atoms with E-state index in [0.717, 1.165) is 50.0 Å². The molecule has 0 spiro atoms. The highest BCUT2D eigenvalue weighted by Gasteiger charge is 2.36. The molecule has 230 valence electrons. The molecule has 5 rings (SSSR count). The number of pyridine rings is 3. The fourth-order valence-electron chi connectivity index (χ4n) is 3.99. The van der Waals surface area contributed by atoms with Crippen LogP contribution in [0.1, 0.15) is 42.0 Å². The van der Waals surface area contributed by atoms with Crippen LogP contribution in [-0.2, 0) is 10.9 Å². The highest BCUT2D eigenvalue weighted by molar-refractivity contribution is 6.04. The molecule has 1 aliphatic heterocycles. The predicted molar refractivity (Wildman–Crippen MR) is 159 cm³/mol. The number of nitrogens with zero attached hydrogens (tertiary/aromatic N) is 6. The van der Waals surface area contributed by atoms with Crippen molar-refractivity contribution in [2.75, 3.05) is 50.0 Å². The van der Waals surface area contributed by atoms with Crippen LogP contribution >= 0.6 is 0 Å². The number of aryl methyl sites for hydroxylation is 1. The normalized spacial score (nSPS) is 13.2. The first-order valence-corrected chi connectivity index (χ1v) is 14.1. The molecule has 0 aromatic carbocycles. The number of alkyl halides is 3. The van der Waals surface area contributed by atoms with Gasteiger partial charge in [-0.3, -0.25) is 14.7 Å². The third kappa shape index (κ3) is 10.8. The quantitative estimate of drug-likeness (QED) is 0.257. The number of morpholine rings is 1. The Bertz CT molecular complexity index is 1350. The zero-order chi connectivity index (χ0) is 31.1. The molecule has 4 aromatic rings. The molecular formula is C30H37F3N8O2. The van der Waals surface area contributed by atoms with Crippen LogP contribution in [0.3, 0.4) is 0 Å². The van der Waals surface area contributed by atoms with E-state index in [4.69, 9.17) is 4.74 Å². The van der Waals surface area contributed by atoms with Crippen molar-refractivity contribution in [3.05, 3.63) is 90.3 Å². The van der Waals surface area contributed by atoms with E-state index >= 15 is 0 Å². The van der Waals surface area contributed by atoms with E-state index in [9.17, 15) is 18.0 Å². The van der Waals surface area contributed by atoms with Crippen molar-refractivity contribution in [2.24, 2.45) is 0 Å². The molecule has 0 saturated carbocycles. The molecule has 0 unspecified atom stereocenters. The van der Waals surface area contributed by atoms with Gasteiger partial charge in [-0.1, -0.05) is 19.9 Å². The van der Waals surface area contributed by atoms with Crippen molar-refractivity contribution in [3.63, 3.8) is 0 Å². The molecule has 43 heavy (non-hydrogen) atoms. The van der Waals surface area contributed by atoms with E-state index in [0.29, 0.717) is 23.6 Å². The molecule has 1 fully saturated rings. The molecule has 10 nitrogen and oxygen atoms in total. The Balaban J connectivity index is 0.000000555. The van der Waals surface area contributed by atoms with Gasteiger partial charge in [0, 0.05) is 43.8 Å². The summed E-state index contributed by atoms with van der Waals surface area (Å²) in [4.78, 5) is 27.1. The molecule has 1 saturated heterocycles. The second kappa shape index (κ2) is 16.9. The molecule has 5 heterocycles. The summed E-state index contributed by atoms with van der Waals surface area (Å²) in [5.41, 5.74) is 0.0376. The van der Waals surface area contributed by atoms with E-state index in [1.165, 1.54) is 25.3 Å². The van der Waals surface area contributed by atoms with Crippen LogP contribution in [0.25, 0.3) is 5.82 Å². The number of nitrogens with one attached hydrogen (secondary N) is 2. The average molecular weight is 599 g/mol. The van der Waals surface area contributed by atoms with Crippen LogP contribution in [0, 0.1) is 6.92 Å². The summed E-state index contributed by atoms with van der Waals surface area (Å²) in [5, 5.41) is 9.80. The summed E-state index contributed by atoms with van der Waals surface area (Å²) in [6, 6.07) is 12.7. The topological polar surface area (TPSA) is 110 Å². The van der Waals surface area contributed by atoms with E-state index in [1.807, 2.05) is 32.0 Å². The van der Waals surface area contributed by atoms with E-state index in [1.54, 1.807) is 30.7 Å². The lowest BCUT2D eigenvalue weighted by atomic mass is 10.2. The smallest absolute Gasteiger partial charge is 0.379 e. The van der Waals surface area contributed by atoms with Crippen molar-refractivity contribution in [1.29, 1.82) is 0 Å². The summed E-state index contributed by atoms with van der Waals surface area (Å²) >= 11 is 0. The van der Waals surface area contributed by atoms with Gasteiger partial charge >= 0.3 is 6.18 Å². The van der Waals surface area contributed by atoms with Gasteiger partial charge in [0.05, 0.1) is 30.8 Å². The molecule has 4 aromatic heterocycles. The molecule has 0 radical (unpaired) electrons. The highest BCUT2D eigenvalue weighted by atomic mass is 19.4. The van der Waals surface area contributed by atoms with Crippen molar-refractivity contribution >= 4 is 17.4 Å². The van der Waals surface area contributed by atoms with Gasteiger partial charge in [0.2, 0.25) is 0 Å². The zero-order valence-electron chi connectivity index (χ0n) is 24.5. The van der Waals surface area contributed by atoms with E-state index in [2.05, 4.69) is 35.6 Å². The van der Waals surface area contributed by atoms with Crippen LogP contribution in [0.5, 0.6) is 0 Å². The van der Waals surface area contributed by atoms with Gasteiger partial charge in [-0.2, -0.15) is 18.3 Å². The number of rotatable bonds is 8. The minimum atomic E-state index is -4.56. The zero-order valence-corrected chi connectivity index (χ0v) is 24.5. The average Bonchev–Trinajstić information content (AvgIpc) is 3.45. The summed E-state index contributed by atoms with van der Waals surface area (Å²) < 4.78 is 45.8. The number of hydrogen-bond acceptors (Lipinski definition) is 8. The van der Waals surface area contributed by atoms with Crippen LogP contribution < -0.4 is 10.6 Å². The Morgan fingerprint density at radius 2 is 1.74 bits per heavy atom. The van der Waals surface area contributed by atoms with Gasteiger partial charge in [-0.25, -0.2) is 14.6 Å². The predicted octanol–water partition coefficient (Wildman–Crippen LogP) is 5.48. The maximum Gasteiger partial charge on any atom is 0.433 e. The van der Waals surface area contributed by atoms with Crippen LogP contribution in [0.2, 0.25) is 0 Å². The third-order valence-corrected chi connectivity index (χ3v) is 5.99. The lowest BCUT2D eigenvalue weighted by molar-refractivity contribution is -0.142. The summed E-state index contributed by atoms with van der Waals surface area (Å²) in [7, 11) is 0. The molecule has 13 heteroatoms. The number of halogens is 3. The Labute approximate surface area is 249 Å². The lowest BCUT2D eigenvalue weighted by Gasteiger charge is -2.26. The molecule has 1 amide bonds. The maximum absolute atomic E-state index is 13.2. The number of carbonyl (C=O) groups is 1. The standard InChI is InChI=1S/C23H26F3N7O2.C5H5N.C2H6/c1-16-13-19(23(24,25)26)33(31-16)21-4-3-18(15-29-21)30-22(34)17-5-7-28-20(14-17)27-6-2-8-32-9-11-35-12-10-32;1-2-4-6-5-3-1;1-2/h3-5,7,13-15H,2,6,8-12H2,1H3,(H,27,28)(H,30,34);1-5H;1-2H3. The molecule has 0 bridgehead atoms. The highest BCUT2D eigenvalue weighted by Crippen LogP contribution is 2.31. The molecular weight excluding hydrogens is 561 g/mol. The SMILES string of the molecule is CC.Cc1cc(C(F)(F)F)n(-c2ccc(NC(=O)c3ccnc(NCCCN4CCOCC4)c3)cn2)n1.c1ccncc1. The molecule has 2 N–H and O–H groups in total. The fourth-order valence-corrected chi connectivity index (χ4v) is 3.99. The number of aromatic nitrogens is 5. The number of amides is 1. The monoisotopic (exact) mass is 598 g/mol. The summed E-state index contributed by atoms with van der Waals surface area (Å²) in [6.07, 6.45) is 2.70. The van der Waals surface area contributed by atoms with E-state index < -0.39 is 11.9 Å².